The van der Waals surface area contributed by atoms with Crippen molar-refractivity contribution in [2.24, 2.45) is 0 Å². The molecule has 1 aliphatic heterocycles. The van der Waals surface area contributed by atoms with Gasteiger partial charge < -0.3 is 14.2 Å². The molecule has 0 aromatic carbocycles. The van der Waals surface area contributed by atoms with E-state index in [1.807, 2.05) is 32.0 Å². The SMILES string of the molecule is Cc1ccc(CN2CCCC(N(C)c3cc(N(C)C)ncn3)C2)o1. The number of hydrogen-bond acceptors (Lipinski definition) is 6. The smallest absolute Gasteiger partial charge is 0.134 e. The Morgan fingerprint density at radius 2 is 2.00 bits per heavy atom. The molecule has 1 aliphatic rings. The molecule has 0 saturated carbocycles. The van der Waals surface area contributed by atoms with Crippen LogP contribution in [-0.2, 0) is 6.54 Å². The first-order chi connectivity index (χ1) is 11.5. The fourth-order valence-electron chi connectivity index (χ4n) is 3.24. The van der Waals surface area contributed by atoms with Gasteiger partial charge in [0, 0.05) is 39.8 Å². The maximum absolute atomic E-state index is 5.73. The summed E-state index contributed by atoms with van der Waals surface area (Å²) in [6.45, 7) is 5.02. The van der Waals surface area contributed by atoms with Gasteiger partial charge in [-0.25, -0.2) is 9.97 Å². The molecule has 6 heteroatoms. The first-order valence-corrected chi connectivity index (χ1v) is 8.53. The van der Waals surface area contributed by atoms with Crippen LogP contribution in [0.2, 0.25) is 0 Å². The van der Waals surface area contributed by atoms with E-state index in [0.29, 0.717) is 6.04 Å². The second-order valence-corrected chi connectivity index (χ2v) is 6.78. The van der Waals surface area contributed by atoms with Crippen molar-refractivity contribution in [3.05, 3.63) is 36.0 Å². The minimum atomic E-state index is 0.458. The van der Waals surface area contributed by atoms with Gasteiger partial charge >= 0.3 is 0 Å². The number of aromatic nitrogens is 2. The minimum absolute atomic E-state index is 0.458. The molecule has 0 radical (unpaired) electrons. The Balaban J connectivity index is 1.66. The van der Waals surface area contributed by atoms with Crippen LogP contribution in [0, 0.1) is 6.92 Å². The molecule has 3 rings (SSSR count). The zero-order valence-electron chi connectivity index (χ0n) is 15.1. The van der Waals surface area contributed by atoms with Crippen molar-refractivity contribution in [3.63, 3.8) is 0 Å². The summed E-state index contributed by atoms with van der Waals surface area (Å²) in [7, 11) is 6.13. The molecule has 0 amide bonds. The molecule has 24 heavy (non-hydrogen) atoms. The van der Waals surface area contributed by atoms with Gasteiger partial charge in [0.1, 0.15) is 29.5 Å². The lowest BCUT2D eigenvalue weighted by Gasteiger charge is -2.38. The van der Waals surface area contributed by atoms with Crippen molar-refractivity contribution in [2.75, 3.05) is 44.0 Å². The zero-order valence-corrected chi connectivity index (χ0v) is 15.1. The first kappa shape index (κ1) is 16.8. The van der Waals surface area contributed by atoms with Crippen LogP contribution in [0.5, 0.6) is 0 Å². The maximum Gasteiger partial charge on any atom is 0.134 e. The van der Waals surface area contributed by atoms with Crippen LogP contribution >= 0.6 is 0 Å². The van der Waals surface area contributed by atoms with E-state index in [1.165, 1.54) is 12.8 Å². The Labute approximate surface area is 144 Å². The summed E-state index contributed by atoms with van der Waals surface area (Å²) in [5.41, 5.74) is 0. The van der Waals surface area contributed by atoms with Gasteiger partial charge in [-0.15, -0.1) is 0 Å². The number of likely N-dealkylation sites (N-methyl/N-ethyl adjacent to an activating group) is 1. The fraction of sp³-hybridized carbons (Fsp3) is 0.556. The van der Waals surface area contributed by atoms with Gasteiger partial charge in [-0.2, -0.15) is 0 Å². The Kier molecular flexibility index (Phi) is 5.04. The molecule has 130 valence electrons. The Morgan fingerprint density at radius 3 is 2.71 bits per heavy atom. The largest absolute Gasteiger partial charge is 0.465 e. The highest BCUT2D eigenvalue weighted by atomic mass is 16.3. The van der Waals surface area contributed by atoms with Gasteiger partial charge in [-0.3, -0.25) is 4.90 Å². The molecule has 2 aromatic rings. The molecule has 6 nitrogen and oxygen atoms in total. The average molecular weight is 329 g/mol. The number of likely N-dealkylation sites (tertiary alicyclic amines) is 1. The van der Waals surface area contributed by atoms with E-state index < -0.39 is 0 Å². The number of hydrogen-bond donors (Lipinski definition) is 0. The lowest BCUT2D eigenvalue weighted by molar-refractivity contribution is 0.184. The van der Waals surface area contributed by atoms with Gasteiger partial charge in [-0.1, -0.05) is 0 Å². The second kappa shape index (κ2) is 7.21. The third kappa shape index (κ3) is 3.87. The summed E-state index contributed by atoms with van der Waals surface area (Å²) < 4.78 is 5.73. The van der Waals surface area contributed by atoms with E-state index in [-0.39, 0.29) is 0 Å². The van der Waals surface area contributed by atoms with E-state index >= 15 is 0 Å². The van der Waals surface area contributed by atoms with Crippen LogP contribution in [0.4, 0.5) is 11.6 Å². The van der Waals surface area contributed by atoms with Crippen LogP contribution in [0.3, 0.4) is 0 Å². The van der Waals surface area contributed by atoms with Crippen molar-refractivity contribution in [2.45, 2.75) is 32.4 Å². The molecule has 0 N–H and O–H groups in total. The summed E-state index contributed by atoms with van der Waals surface area (Å²) in [5.74, 6) is 3.94. The summed E-state index contributed by atoms with van der Waals surface area (Å²) >= 11 is 0. The molecule has 1 fully saturated rings. The highest BCUT2D eigenvalue weighted by molar-refractivity contribution is 5.49. The van der Waals surface area contributed by atoms with Gasteiger partial charge in [0.15, 0.2) is 0 Å². The molecule has 0 bridgehead atoms. The molecule has 0 aliphatic carbocycles. The van der Waals surface area contributed by atoms with Crippen molar-refractivity contribution in [1.29, 1.82) is 0 Å². The topological polar surface area (TPSA) is 48.6 Å². The summed E-state index contributed by atoms with van der Waals surface area (Å²) in [5, 5.41) is 0. The van der Waals surface area contributed by atoms with Crippen LogP contribution in [-0.4, -0.2) is 55.1 Å². The molecule has 1 atom stereocenters. The predicted octanol–water partition coefficient (Wildman–Crippen LogP) is 2.54. The lowest BCUT2D eigenvalue weighted by atomic mass is 10.0. The van der Waals surface area contributed by atoms with Crippen molar-refractivity contribution in [1.82, 2.24) is 14.9 Å². The molecule has 1 saturated heterocycles. The van der Waals surface area contributed by atoms with Crippen LogP contribution in [0.25, 0.3) is 0 Å². The fourth-order valence-corrected chi connectivity index (χ4v) is 3.24. The first-order valence-electron chi connectivity index (χ1n) is 8.53. The third-order valence-electron chi connectivity index (χ3n) is 4.66. The van der Waals surface area contributed by atoms with E-state index in [0.717, 1.165) is 42.8 Å². The highest BCUT2D eigenvalue weighted by Crippen LogP contribution is 2.23. The lowest BCUT2D eigenvalue weighted by Crippen LogP contribution is -2.46. The summed E-state index contributed by atoms with van der Waals surface area (Å²) in [6.07, 6.45) is 4.03. The van der Waals surface area contributed by atoms with Gasteiger partial charge in [0.05, 0.1) is 6.54 Å². The quantitative estimate of drug-likeness (QED) is 0.840. The van der Waals surface area contributed by atoms with E-state index in [2.05, 4.69) is 38.9 Å². The van der Waals surface area contributed by atoms with Crippen molar-refractivity contribution >= 4 is 11.6 Å². The number of piperidine rings is 1. The maximum atomic E-state index is 5.73. The highest BCUT2D eigenvalue weighted by Gasteiger charge is 2.25. The third-order valence-corrected chi connectivity index (χ3v) is 4.66. The van der Waals surface area contributed by atoms with Crippen LogP contribution < -0.4 is 9.80 Å². The van der Waals surface area contributed by atoms with E-state index in [4.69, 9.17) is 4.42 Å². The molecule has 0 spiro atoms. The Morgan fingerprint density at radius 1 is 1.21 bits per heavy atom. The number of furan rings is 1. The van der Waals surface area contributed by atoms with Crippen LogP contribution in [0.15, 0.2) is 28.9 Å². The molecular weight excluding hydrogens is 302 g/mol. The second-order valence-electron chi connectivity index (χ2n) is 6.78. The minimum Gasteiger partial charge on any atom is -0.465 e. The number of anilines is 2. The zero-order chi connectivity index (χ0) is 17.1. The number of rotatable bonds is 5. The summed E-state index contributed by atoms with van der Waals surface area (Å²) in [4.78, 5) is 15.5. The standard InChI is InChI=1S/C18H27N5O/c1-14-7-8-16(24-14)12-23-9-5-6-15(11-23)22(4)18-10-17(21(2)3)19-13-20-18/h7-8,10,13,15H,5-6,9,11-12H2,1-4H3. The van der Waals surface area contributed by atoms with Crippen molar-refractivity contribution in [3.8, 4) is 0 Å². The Hall–Kier alpha value is -2.08. The predicted molar refractivity (Wildman–Crippen MR) is 96.5 cm³/mol. The number of nitrogens with zero attached hydrogens (tertiary/aromatic N) is 5. The molecule has 2 aromatic heterocycles. The number of aryl methyl sites for hydroxylation is 1. The van der Waals surface area contributed by atoms with Gasteiger partial charge in [0.2, 0.25) is 0 Å². The molecular formula is C18H27N5O. The van der Waals surface area contributed by atoms with Crippen LogP contribution in [0.1, 0.15) is 24.4 Å². The van der Waals surface area contributed by atoms with Gasteiger partial charge in [-0.05, 0) is 38.4 Å². The van der Waals surface area contributed by atoms with Crippen molar-refractivity contribution < 1.29 is 4.42 Å². The normalized spacial score (nSPS) is 18.6. The van der Waals surface area contributed by atoms with E-state index in [9.17, 15) is 0 Å². The molecule has 3 heterocycles. The monoisotopic (exact) mass is 329 g/mol. The van der Waals surface area contributed by atoms with Gasteiger partial charge in [0.25, 0.3) is 0 Å². The molecule has 1 unspecified atom stereocenters. The summed E-state index contributed by atoms with van der Waals surface area (Å²) in [6, 6.07) is 6.62. The Bertz CT molecular complexity index is 669. The average Bonchev–Trinajstić information content (AvgIpc) is 2.99. The van der Waals surface area contributed by atoms with E-state index in [1.54, 1.807) is 6.33 Å².